The molecule has 0 radical (unpaired) electrons. The predicted molar refractivity (Wildman–Crippen MR) is 51.8 cm³/mol. The third-order valence-corrected chi connectivity index (χ3v) is 1.74. The van der Waals surface area contributed by atoms with Crippen LogP contribution >= 0.6 is 11.6 Å². The number of methoxy groups -OCH3 is 1. The molecule has 0 aliphatic rings. The van der Waals surface area contributed by atoms with E-state index in [0.717, 1.165) is 0 Å². The van der Waals surface area contributed by atoms with Gasteiger partial charge in [0.2, 0.25) is 0 Å². The van der Waals surface area contributed by atoms with Crippen LogP contribution in [0.25, 0.3) is 0 Å². The average molecular weight is 216 g/mol. The number of ether oxygens (including phenoxy) is 2. The summed E-state index contributed by atoms with van der Waals surface area (Å²) in [5.74, 6) is -0.100. The molecule has 0 spiro atoms. The number of esters is 1. The van der Waals surface area contributed by atoms with Gasteiger partial charge < -0.3 is 9.47 Å². The summed E-state index contributed by atoms with van der Waals surface area (Å²) >= 11 is 5.66. The summed E-state index contributed by atoms with van der Waals surface area (Å²) in [4.78, 5) is 15.0. The highest BCUT2D eigenvalue weighted by Crippen LogP contribution is 2.21. The molecule has 1 heterocycles. The summed E-state index contributed by atoms with van der Waals surface area (Å²) in [6.45, 7) is 2.26. The highest BCUT2D eigenvalue weighted by molar-refractivity contribution is 6.29. The first-order chi connectivity index (χ1) is 6.69. The zero-order chi connectivity index (χ0) is 10.6. The molecule has 0 aromatic carbocycles. The molecule has 0 saturated carbocycles. The molecule has 1 rings (SSSR count). The first kappa shape index (κ1) is 10.8. The van der Waals surface area contributed by atoms with Crippen LogP contribution in [0.4, 0.5) is 0 Å². The van der Waals surface area contributed by atoms with Gasteiger partial charge in [-0.15, -0.1) is 0 Å². The summed E-state index contributed by atoms with van der Waals surface area (Å²) in [5.41, 5.74) is 0.277. The highest BCUT2D eigenvalue weighted by atomic mass is 35.5. The summed E-state index contributed by atoms with van der Waals surface area (Å²) in [6.07, 6.45) is 1.33. The summed E-state index contributed by atoms with van der Waals surface area (Å²) in [6, 6.07) is 1.48. The number of aromatic nitrogens is 1. The van der Waals surface area contributed by atoms with E-state index in [-0.39, 0.29) is 10.7 Å². The van der Waals surface area contributed by atoms with E-state index in [1.807, 2.05) is 6.92 Å². The monoisotopic (exact) mass is 215 g/mol. The number of halogens is 1. The Morgan fingerprint density at radius 2 is 2.36 bits per heavy atom. The fourth-order valence-electron chi connectivity index (χ4n) is 0.951. The maximum absolute atomic E-state index is 11.2. The number of rotatable bonds is 3. The van der Waals surface area contributed by atoms with Gasteiger partial charge in [-0.1, -0.05) is 11.6 Å². The van der Waals surface area contributed by atoms with E-state index in [1.54, 1.807) is 0 Å². The number of carbonyl (C=O) groups is 1. The van der Waals surface area contributed by atoms with Crippen LogP contribution in [-0.4, -0.2) is 24.7 Å². The van der Waals surface area contributed by atoms with Crippen molar-refractivity contribution in [3.8, 4) is 5.75 Å². The minimum absolute atomic E-state index is 0.277. The predicted octanol–water partition coefficient (Wildman–Crippen LogP) is 1.92. The van der Waals surface area contributed by atoms with Crippen LogP contribution in [0.1, 0.15) is 17.3 Å². The van der Waals surface area contributed by atoms with Crippen molar-refractivity contribution in [3.05, 3.63) is 23.0 Å². The van der Waals surface area contributed by atoms with E-state index in [4.69, 9.17) is 16.3 Å². The SMILES string of the molecule is CCOc1cc(Cl)ncc1C(=O)OC. The van der Waals surface area contributed by atoms with Crippen LogP contribution < -0.4 is 4.74 Å². The smallest absolute Gasteiger partial charge is 0.343 e. The Bertz CT molecular complexity index is 341. The number of nitrogens with zero attached hydrogens (tertiary/aromatic N) is 1. The van der Waals surface area contributed by atoms with E-state index in [0.29, 0.717) is 12.4 Å². The van der Waals surface area contributed by atoms with Gasteiger partial charge in [0, 0.05) is 12.3 Å². The van der Waals surface area contributed by atoms with Crippen LogP contribution in [0, 0.1) is 0 Å². The first-order valence-corrected chi connectivity index (χ1v) is 4.43. The molecule has 0 N–H and O–H groups in total. The Morgan fingerprint density at radius 3 is 2.93 bits per heavy atom. The van der Waals surface area contributed by atoms with Gasteiger partial charge in [0.15, 0.2) is 0 Å². The third-order valence-electron chi connectivity index (χ3n) is 1.54. The molecule has 1 aromatic heterocycles. The van der Waals surface area contributed by atoms with Crippen molar-refractivity contribution in [1.29, 1.82) is 0 Å². The Labute approximate surface area is 86.8 Å². The van der Waals surface area contributed by atoms with E-state index in [2.05, 4.69) is 9.72 Å². The highest BCUT2D eigenvalue weighted by Gasteiger charge is 2.13. The zero-order valence-corrected chi connectivity index (χ0v) is 8.67. The third kappa shape index (κ3) is 2.35. The molecule has 0 saturated heterocycles. The van der Waals surface area contributed by atoms with Crippen molar-refractivity contribution in [1.82, 2.24) is 4.98 Å². The molecule has 0 fully saturated rings. The Morgan fingerprint density at radius 1 is 1.64 bits per heavy atom. The van der Waals surface area contributed by atoms with Crippen LogP contribution in [0.5, 0.6) is 5.75 Å². The zero-order valence-electron chi connectivity index (χ0n) is 7.91. The number of pyridine rings is 1. The minimum atomic E-state index is -0.488. The van der Waals surface area contributed by atoms with E-state index in [9.17, 15) is 4.79 Å². The lowest BCUT2D eigenvalue weighted by atomic mass is 10.2. The van der Waals surface area contributed by atoms with Gasteiger partial charge in [0.25, 0.3) is 0 Å². The average Bonchev–Trinajstić information content (AvgIpc) is 2.17. The fourth-order valence-corrected chi connectivity index (χ4v) is 1.10. The lowest BCUT2D eigenvalue weighted by molar-refractivity contribution is 0.0596. The molecule has 0 aliphatic carbocycles. The standard InChI is InChI=1S/C9H10ClNO3/c1-3-14-7-4-8(10)11-5-6(7)9(12)13-2/h4-5H,3H2,1-2H3. The normalized spacial score (nSPS) is 9.64. The molecule has 14 heavy (non-hydrogen) atoms. The quantitative estimate of drug-likeness (QED) is 0.571. The summed E-state index contributed by atoms with van der Waals surface area (Å²) in [7, 11) is 1.30. The largest absolute Gasteiger partial charge is 0.493 e. The molecule has 0 atom stereocenters. The second kappa shape index (κ2) is 4.81. The number of hydrogen-bond donors (Lipinski definition) is 0. The van der Waals surface area contributed by atoms with Crippen molar-refractivity contribution in [3.63, 3.8) is 0 Å². The number of hydrogen-bond acceptors (Lipinski definition) is 4. The first-order valence-electron chi connectivity index (χ1n) is 4.05. The van der Waals surface area contributed by atoms with E-state index >= 15 is 0 Å². The molecular weight excluding hydrogens is 206 g/mol. The number of carbonyl (C=O) groups excluding carboxylic acids is 1. The van der Waals surface area contributed by atoms with E-state index in [1.165, 1.54) is 19.4 Å². The Kier molecular flexibility index (Phi) is 3.71. The second-order valence-corrected chi connectivity index (χ2v) is 2.82. The maximum atomic E-state index is 11.2. The maximum Gasteiger partial charge on any atom is 0.343 e. The van der Waals surface area contributed by atoms with Crippen LogP contribution in [0.2, 0.25) is 5.15 Å². The summed E-state index contributed by atoms with van der Waals surface area (Å²) in [5, 5.41) is 0.279. The van der Waals surface area contributed by atoms with Crippen LogP contribution in [0.15, 0.2) is 12.3 Å². The Hall–Kier alpha value is -1.29. The molecule has 1 aromatic rings. The van der Waals surface area contributed by atoms with Crippen LogP contribution in [-0.2, 0) is 4.74 Å². The van der Waals surface area contributed by atoms with Gasteiger partial charge >= 0.3 is 5.97 Å². The van der Waals surface area contributed by atoms with Crippen molar-refractivity contribution in [2.24, 2.45) is 0 Å². The molecule has 76 valence electrons. The molecule has 0 bridgehead atoms. The molecular formula is C9H10ClNO3. The van der Waals surface area contributed by atoms with Gasteiger partial charge in [-0.05, 0) is 6.92 Å². The lowest BCUT2D eigenvalue weighted by Crippen LogP contribution is -2.06. The van der Waals surface area contributed by atoms with E-state index < -0.39 is 5.97 Å². The van der Waals surface area contributed by atoms with Gasteiger partial charge in [-0.25, -0.2) is 9.78 Å². The summed E-state index contributed by atoms with van der Waals surface area (Å²) < 4.78 is 9.78. The second-order valence-electron chi connectivity index (χ2n) is 2.43. The van der Waals surface area contributed by atoms with Crippen molar-refractivity contribution in [2.45, 2.75) is 6.92 Å². The molecule has 5 heteroatoms. The van der Waals surface area contributed by atoms with Gasteiger partial charge in [0.1, 0.15) is 16.5 Å². The van der Waals surface area contributed by atoms with Crippen molar-refractivity contribution >= 4 is 17.6 Å². The topological polar surface area (TPSA) is 48.4 Å². The van der Waals surface area contributed by atoms with Gasteiger partial charge in [0.05, 0.1) is 13.7 Å². The van der Waals surface area contributed by atoms with Gasteiger partial charge in [-0.3, -0.25) is 0 Å². The van der Waals surface area contributed by atoms with Crippen LogP contribution in [0.3, 0.4) is 0 Å². The Balaban J connectivity index is 3.07. The van der Waals surface area contributed by atoms with Crippen molar-refractivity contribution in [2.75, 3.05) is 13.7 Å². The molecule has 0 aliphatic heterocycles. The molecule has 4 nitrogen and oxygen atoms in total. The van der Waals surface area contributed by atoms with Gasteiger partial charge in [-0.2, -0.15) is 0 Å². The molecule has 0 amide bonds. The minimum Gasteiger partial charge on any atom is -0.493 e. The fraction of sp³-hybridized carbons (Fsp3) is 0.333. The lowest BCUT2D eigenvalue weighted by Gasteiger charge is -2.07. The molecule has 0 unspecified atom stereocenters. The van der Waals surface area contributed by atoms with Crippen molar-refractivity contribution < 1.29 is 14.3 Å².